The van der Waals surface area contributed by atoms with E-state index in [1.807, 2.05) is 12.1 Å². The van der Waals surface area contributed by atoms with Crippen LogP contribution in [0.1, 0.15) is 25.3 Å². The van der Waals surface area contributed by atoms with Crippen molar-refractivity contribution in [2.45, 2.75) is 32.3 Å². The summed E-state index contributed by atoms with van der Waals surface area (Å²) in [7, 11) is 1.69. The minimum absolute atomic E-state index is 0.0787. The van der Waals surface area contributed by atoms with Crippen LogP contribution in [0.5, 0.6) is 11.5 Å². The Morgan fingerprint density at radius 1 is 1.24 bits per heavy atom. The molecule has 1 aliphatic rings. The second-order valence-electron chi connectivity index (χ2n) is 4.91. The van der Waals surface area contributed by atoms with Gasteiger partial charge in [-0.15, -0.1) is 0 Å². The van der Waals surface area contributed by atoms with E-state index in [9.17, 15) is 0 Å². The number of para-hydroxylation sites is 1. The Bertz CT molecular complexity index is 384. The molecule has 3 nitrogen and oxygen atoms in total. The molecule has 0 spiro atoms. The van der Waals surface area contributed by atoms with Crippen LogP contribution in [-0.2, 0) is 0 Å². The lowest BCUT2D eigenvalue weighted by molar-refractivity contribution is 0.0519. The standard InChI is InChI=1S/C14H21NO2/c1-11-5-4-6-12(16-3)13(11)17-14(2)7-9-15-10-8-14/h4-6,15H,7-10H2,1-3H3. The lowest BCUT2D eigenvalue weighted by Crippen LogP contribution is -2.44. The highest BCUT2D eigenvalue weighted by Gasteiger charge is 2.30. The van der Waals surface area contributed by atoms with Gasteiger partial charge in [0.15, 0.2) is 11.5 Å². The number of benzene rings is 1. The number of rotatable bonds is 3. The fraction of sp³-hybridized carbons (Fsp3) is 0.571. The third-order valence-electron chi connectivity index (χ3n) is 3.41. The fourth-order valence-electron chi connectivity index (χ4n) is 2.22. The van der Waals surface area contributed by atoms with Gasteiger partial charge in [-0.1, -0.05) is 12.1 Å². The quantitative estimate of drug-likeness (QED) is 0.873. The highest BCUT2D eigenvalue weighted by Crippen LogP contribution is 2.35. The van der Waals surface area contributed by atoms with E-state index in [-0.39, 0.29) is 5.60 Å². The summed E-state index contributed by atoms with van der Waals surface area (Å²) in [4.78, 5) is 0. The van der Waals surface area contributed by atoms with Crippen LogP contribution in [0.25, 0.3) is 0 Å². The molecule has 0 aliphatic carbocycles. The monoisotopic (exact) mass is 235 g/mol. The van der Waals surface area contributed by atoms with Crippen LogP contribution in [-0.4, -0.2) is 25.8 Å². The molecule has 1 aromatic carbocycles. The smallest absolute Gasteiger partial charge is 0.164 e. The highest BCUT2D eigenvalue weighted by molar-refractivity contribution is 5.46. The summed E-state index contributed by atoms with van der Waals surface area (Å²) in [5.74, 6) is 1.71. The van der Waals surface area contributed by atoms with Crippen molar-refractivity contribution in [3.63, 3.8) is 0 Å². The second kappa shape index (κ2) is 4.96. The molecule has 2 rings (SSSR count). The van der Waals surface area contributed by atoms with E-state index >= 15 is 0 Å². The van der Waals surface area contributed by atoms with E-state index in [1.54, 1.807) is 7.11 Å². The first-order valence-electron chi connectivity index (χ1n) is 6.18. The van der Waals surface area contributed by atoms with E-state index in [0.717, 1.165) is 43.0 Å². The van der Waals surface area contributed by atoms with Gasteiger partial charge in [-0.05, 0) is 51.4 Å². The lowest BCUT2D eigenvalue weighted by atomic mass is 9.94. The summed E-state index contributed by atoms with van der Waals surface area (Å²) in [6.45, 7) is 6.28. The molecular formula is C14H21NO2. The van der Waals surface area contributed by atoms with Crippen molar-refractivity contribution in [3.05, 3.63) is 23.8 Å². The lowest BCUT2D eigenvalue weighted by Gasteiger charge is -2.35. The highest BCUT2D eigenvalue weighted by atomic mass is 16.5. The van der Waals surface area contributed by atoms with Crippen LogP contribution in [0, 0.1) is 6.92 Å². The van der Waals surface area contributed by atoms with E-state index in [1.165, 1.54) is 0 Å². The number of ether oxygens (including phenoxy) is 2. The molecule has 1 saturated heterocycles. The molecule has 1 fully saturated rings. The molecule has 0 saturated carbocycles. The normalized spacial score (nSPS) is 18.8. The Hall–Kier alpha value is -1.22. The third kappa shape index (κ3) is 2.72. The van der Waals surface area contributed by atoms with Crippen LogP contribution in [0.2, 0.25) is 0 Å². The summed E-state index contributed by atoms with van der Waals surface area (Å²) in [6.07, 6.45) is 2.06. The average molecular weight is 235 g/mol. The molecule has 0 radical (unpaired) electrons. The van der Waals surface area contributed by atoms with Gasteiger partial charge in [0, 0.05) is 0 Å². The third-order valence-corrected chi connectivity index (χ3v) is 3.41. The van der Waals surface area contributed by atoms with E-state index in [4.69, 9.17) is 9.47 Å². The summed E-state index contributed by atoms with van der Waals surface area (Å²) >= 11 is 0. The molecule has 1 aromatic rings. The predicted molar refractivity (Wildman–Crippen MR) is 68.9 cm³/mol. The van der Waals surface area contributed by atoms with Crippen LogP contribution in [0.3, 0.4) is 0 Å². The van der Waals surface area contributed by atoms with Crippen molar-refractivity contribution < 1.29 is 9.47 Å². The first-order chi connectivity index (χ1) is 8.14. The minimum atomic E-state index is -0.0787. The van der Waals surface area contributed by atoms with Crippen LogP contribution in [0.15, 0.2) is 18.2 Å². The SMILES string of the molecule is COc1cccc(C)c1OC1(C)CCNCC1. The molecule has 0 atom stereocenters. The predicted octanol–water partition coefficient (Wildman–Crippen LogP) is 2.52. The van der Waals surface area contributed by atoms with Crippen LogP contribution >= 0.6 is 0 Å². The Morgan fingerprint density at radius 2 is 1.94 bits per heavy atom. The van der Waals surface area contributed by atoms with Gasteiger partial charge in [0.1, 0.15) is 5.60 Å². The molecule has 94 valence electrons. The van der Waals surface area contributed by atoms with Crippen molar-refractivity contribution in [3.8, 4) is 11.5 Å². The van der Waals surface area contributed by atoms with Crippen molar-refractivity contribution in [2.24, 2.45) is 0 Å². The number of hydrogen-bond donors (Lipinski definition) is 1. The number of piperidine rings is 1. The van der Waals surface area contributed by atoms with Crippen LogP contribution in [0.4, 0.5) is 0 Å². The Labute approximate surface area is 103 Å². The molecule has 0 aromatic heterocycles. The van der Waals surface area contributed by atoms with Gasteiger partial charge in [-0.3, -0.25) is 0 Å². The van der Waals surface area contributed by atoms with Gasteiger partial charge in [0.2, 0.25) is 0 Å². The summed E-state index contributed by atoms with van der Waals surface area (Å²) in [5.41, 5.74) is 1.05. The zero-order chi connectivity index (χ0) is 12.3. The van der Waals surface area contributed by atoms with Gasteiger partial charge >= 0.3 is 0 Å². The largest absolute Gasteiger partial charge is 0.493 e. The number of nitrogens with one attached hydrogen (secondary N) is 1. The maximum absolute atomic E-state index is 6.23. The Kier molecular flexibility index (Phi) is 3.57. The first-order valence-corrected chi connectivity index (χ1v) is 6.18. The van der Waals surface area contributed by atoms with Gasteiger partial charge < -0.3 is 14.8 Å². The molecule has 0 amide bonds. The molecule has 3 heteroatoms. The van der Waals surface area contributed by atoms with E-state index < -0.39 is 0 Å². The molecular weight excluding hydrogens is 214 g/mol. The van der Waals surface area contributed by atoms with E-state index in [0.29, 0.717) is 0 Å². The maximum atomic E-state index is 6.23. The number of aryl methyl sites for hydroxylation is 1. The summed E-state index contributed by atoms with van der Waals surface area (Å²) in [5, 5.41) is 3.36. The maximum Gasteiger partial charge on any atom is 0.164 e. The van der Waals surface area contributed by atoms with Crippen molar-refractivity contribution in [1.82, 2.24) is 5.32 Å². The van der Waals surface area contributed by atoms with Crippen molar-refractivity contribution in [1.29, 1.82) is 0 Å². The van der Waals surface area contributed by atoms with Crippen molar-refractivity contribution in [2.75, 3.05) is 20.2 Å². The number of methoxy groups -OCH3 is 1. The number of hydrogen-bond acceptors (Lipinski definition) is 3. The molecule has 1 N–H and O–H groups in total. The summed E-state index contributed by atoms with van der Waals surface area (Å²) < 4.78 is 11.6. The summed E-state index contributed by atoms with van der Waals surface area (Å²) in [6, 6.07) is 6.00. The van der Waals surface area contributed by atoms with Crippen LogP contribution < -0.4 is 14.8 Å². The Morgan fingerprint density at radius 3 is 2.59 bits per heavy atom. The van der Waals surface area contributed by atoms with Gasteiger partial charge in [0.25, 0.3) is 0 Å². The zero-order valence-corrected chi connectivity index (χ0v) is 10.9. The van der Waals surface area contributed by atoms with Crippen molar-refractivity contribution >= 4 is 0 Å². The van der Waals surface area contributed by atoms with E-state index in [2.05, 4.69) is 25.2 Å². The molecule has 1 heterocycles. The molecule has 17 heavy (non-hydrogen) atoms. The Balaban J connectivity index is 2.22. The first kappa shape index (κ1) is 12.2. The van der Waals surface area contributed by atoms with Gasteiger partial charge in [0.05, 0.1) is 7.11 Å². The molecule has 1 aliphatic heterocycles. The van der Waals surface area contributed by atoms with Gasteiger partial charge in [-0.2, -0.15) is 0 Å². The fourth-order valence-corrected chi connectivity index (χ4v) is 2.22. The molecule has 0 unspecified atom stereocenters. The topological polar surface area (TPSA) is 30.5 Å². The zero-order valence-electron chi connectivity index (χ0n) is 10.9. The molecule has 0 bridgehead atoms. The van der Waals surface area contributed by atoms with Gasteiger partial charge in [-0.25, -0.2) is 0 Å². The second-order valence-corrected chi connectivity index (χ2v) is 4.91. The minimum Gasteiger partial charge on any atom is -0.493 e. The average Bonchev–Trinajstić information content (AvgIpc) is 2.32.